The van der Waals surface area contributed by atoms with Crippen LogP contribution < -0.4 is 19.6 Å². The van der Waals surface area contributed by atoms with Crippen LogP contribution in [0.1, 0.15) is 69.2 Å². The van der Waals surface area contributed by atoms with Crippen molar-refractivity contribution < 1.29 is 32.0 Å². The number of hydrogen-bond acceptors (Lipinski definition) is 5. The predicted molar refractivity (Wildman–Crippen MR) is 386 cm³/mol. The summed E-state index contributed by atoms with van der Waals surface area (Å²) in [4.78, 5) is 13.7. The molecular weight excluding hydrogens is 1310 g/mol. The molecular formula is C87H70N5Pt-3. The van der Waals surface area contributed by atoms with Gasteiger partial charge in [-0.2, -0.15) is 6.07 Å². The van der Waals surface area contributed by atoms with Crippen LogP contribution in [0.4, 0.5) is 57.0 Å². The molecule has 0 spiro atoms. The number of nitrogens with zero attached hydrogens (tertiary/aromatic N) is 5. The normalized spacial score (nSPS) is 13.8. The average molecular weight is 1390 g/mol. The Morgan fingerprint density at radius 2 is 0.989 bits per heavy atom. The van der Waals surface area contributed by atoms with Crippen molar-refractivity contribution >= 4 is 57.0 Å². The van der Waals surface area contributed by atoms with Gasteiger partial charge in [0.25, 0.3) is 0 Å². The summed E-state index contributed by atoms with van der Waals surface area (Å²) in [6.07, 6.45) is 1.69. The van der Waals surface area contributed by atoms with Crippen molar-refractivity contribution in [3.63, 3.8) is 0 Å². The summed E-state index contributed by atoms with van der Waals surface area (Å²) in [6.45, 7) is 12.7. The van der Waals surface area contributed by atoms with E-state index in [9.17, 15) is 2.74 Å². The Morgan fingerprint density at radius 3 is 1.66 bits per heavy atom. The zero-order valence-corrected chi connectivity index (χ0v) is 54.7. The first kappa shape index (κ1) is 51.3. The molecule has 0 N–H and O–H groups in total. The van der Waals surface area contributed by atoms with Crippen LogP contribution in [0.15, 0.2) is 291 Å². The van der Waals surface area contributed by atoms with Crippen LogP contribution in [-0.2, 0) is 31.9 Å². The average Bonchev–Trinajstić information content (AvgIpc) is 1.65. The van der Waals surface area contributed by atoms with Gasteiger partial charge in [-0.25, -0.2) is 4.98 Å². The van der Waals surface area contributed by atoms with Gasteiger partial charge >= 0.3 is 0 Å². The van der Waals surface area contributed by atoms with Crippen LogP contribution >= 0.6 is 0 Å². The summed E-state index contributed by atoms with van der Waals surface area (Å²) in [7, 11) is 0. The van der Waals surface area contributed by atoms with Crippen LogP contribution in [0, 0.1) is 25.7 Å². The number of fused-ring (bicyclic) bond motifs is 6. The van der Waals surface area contributed by atoms with Crippen molar-refractivity contribution in [2.75, 3.05) is 19.6 Å². The van der Waals surface area contributed by atoms with Gasteiger partial charge in [-0.05, 0) is 122 Å². The fourth-order valence-electron chi connectivity index (χ4n) is 12.8. The van der Waals surface area contributed by atoms with E-state index in [2.05, 4.69) is 207 Å². The maximum atomic E-state index is 9.52. The number of aromatic nitrogens is 1. The molecule has 13 aromatic rings. The van der Waals surface area contributed by atoms with E-state index in [1.165, 1.54) is 0 Å². The van der Waals surface area contributed by atoms with E-state index in [-0.39, 0.29) is 49.7 Å². The van der Waals surface area contributed by atoms with Crippen LogP contribution in [0.5, 0.6) is 0 Å². The molecule has 0 aliphatic carbocycles. The zero-order chi connectivity index (χ0) is 69.5. The zero-order valence-electron chi connectivity index (χ0n) is 60.5. The molecule has 0 atom stereocenters. The van der Waals surface area contributed by atoms with Gasteiger partial charge in [-0.3, -0.25) is 0 Å². The van der Waals surface area contributed by atoms with Crippen LogP contribution in [-0.4, -0.2) is 4.98 Å². The molecule has 456 valence electrons. The standard InChI is InChI=1S/C87H70N5.Pt/c1-59-48-84(88-57-79(59)63-34-19-11-20-35-63)92-80-47-44-64(60-28-13-8-14-29-60)52-78(80)76-39-24-23-38-75(76)77-46-45-70(56-83(77)92)91(69-36-21-12-22-37-69)72-54-68(87(5,6)7)53-71(55-72)89-58-90(82-43-26-25-42-81(82)89)85-73(62-32-17-10-18-33-62)40-27-41-74(85)66-49-65(61-30-15-9-16-31-61)50-67(51-66)86(2,3)4;/h8-54,57-58H,1-7H3;/q-3;/i1D3,10D,17D,18D,32D,33D;. The summed E-state index contributed by atoms with van der Waals surface area (Å²) in [6, 6.07) is 92.1. The Balaban J connectivity index is 0.00000866. The third-order valence-electron chi connectivity index (χ3n) is 17.5. The van der Waals surface area contributed by atoms with E-state index in [1.807, 2.05) is 122 Å². The maximum Gasteiger partial charge on any atom is 0.135 e. The number of rotatable bonds is 11. The SMILES string of the molecule is [2H]c1c([2H])c([2H])c(-c2cccc(-c3cc(-c4ccccc4)cc(C(C)(C)C)c3)c2N2[CH-]N(c3[c-]c(N(c4[c-]c5c(cc4)-c4ccccc4-c4cc(-c6ccccc6)ccc4N5c4cc(C([2H])([2H])[2H])c(-c5ccccc5)cn4)c4ccccc4)cc(C(C)(C)C)c3)c3ccccc32)c([2H])c1[2H].[Pt]. The number of para-hydroxylation sites is 4. The molecule has 93 heavy (non-hydrogen) atoms. The minimum atomic E-state index is -2.52. The predicted octanol–water partition coefficient (Wildman–Crippen LogP) is 23.9. The molecule has 0 saturated heterocycles. The summed E-state index contributed by atoms with van der Waals surface area (Å²) in [5.74, 6) is 0.402. The molecule has 6 heteroatoms. The van der Waals surface area contributed by atoms with E-state index >= 15 is 0 Å². The fourth-order valence-corrected chi connectivity index (χ4v) is 12.8. The second kappa shape index (κ2) is 24.7. The van der Waals surface area contributed by atoms with E-state index in [1.54, 1.807) is 12.3 Å². The first-order valence-corrected chi connectivity index (χ1v) is 31.2. The van der Waals surface area contributed by atoms with Gasteiger partial charge in [-0.15, -0.1) is 53.8 Å². The number of aryl methyl sites for hydroxylation is 1. The molecule has 0 bridgehead atoms. The summed E-state index contributed by atoms with van der Waals surface area (Å²) in [5.41, 5.74) is 19.5. The Hall–Kier alpha value is -10.3. The molecule has 3 heterocycles. The molecule has 0 radical (unpaired) electrons. The van der Waals surface area contributed by atoms with Gasteiger partial charge in [0, 0.05) is 76.4 Å². The second-order valence-corrected chi connectivity index (χ2v) is 25.6. The molecule has 0 unspecified atom stereocenters. The Bertz CT molecular complexity index is 5300. The van der Waals surface area contributed by atoms with Gasteiger partial charge in [0.15, 0.2) is 0 Å². The van der Waals surface area contributed by atoms with Crippen molar-refractivity contribution in [3.8, 4) is 77.9 Å². The first-order valence-electron chi connectivity index (χ1n) is 35.2. The van der Waals surface area contributed by atoms with Gasteiger partial charge in [0.05, 0.1) is 12.5 Å². The number of anilines is 10. The molecule has 0 saturated carbocycles. The van der Waals surface area contributed by atoms with Gasteiger partial charge < -0.3 is 19.6 Å². The minimum absolute atomic E-state index is 0. The van der Waals surface area contributed by atoms with Crippen LogP contribution in [0.25, 0.3) is 77.9 Å². The van der Waals surface area contributed by atoms with Crippen LogP contribution in [0.2, 0.25) is 0 Å². The van der Waals surface area contributed by atoms with Crippen molar-refractivity contribution in [1.82, 2.24) is 4.98 Å². The van der Waals surface area contributed by atoms with Gasteiger partial charge in [-0.1, -0.05) is 276 Å². The molecule has 12 aromatic carbocycles. The molecule has 2 aliphatic rings. The molecule has 1 aromatic heterocycles. The van der Waals surface area contributed by atoms with E-state index in [0.29, 0.717) is 45.4 Å². The van der Waals surface area contributed by atoms with Gasteiger partial charge in [0.1, 0.15) is 5.82 Å². The minimum Gasteiger partial charge on any atom is -0.493 e. The van der Waals surface area contributed by atoms with Gasteiger partial charge in [0.2, 0.25) is 0 Å². The largest absolute Gasteiger partial charge is 0.493 e. The molecule has 0 fully saturated rings. The van der Waals surface area contributed by atoms with Crippen molar-refractivity contribution in [2.24, 2.45) is 0 Å². The van der Waals surface area contributed by atoms with E-state index < -0.39 is 30.4 Å². The quantitative estimate of drug-likeness (QED) is 0.120. The third-order valence-corrected chi connectivity index (χ3v) is 17.5. The first-order chi connectivity index (χ1) is 48.1. The smallest absolute Gasteiger partial charge is 0.135 e. The third kappa shape index (κ3) is 11.5. The van der Waals surface area contributed by atoms with E-state index in [4.69, 9.17) is 13.2 Å². The topological polar surface area (TPSA) is 25.9 Å². The Morgan fingerprint density at radius 1 is 0.419 bits per heavy atom. The Kier molecular flexibility index (Phi) is 13.6. The number of hydrogen-bond donors (Lipinski definition) is 0. The summed E-state index contributed by atoms with van der Waals surface area (Å²) >= 11 is 0. The number of pyridine rings is 1. The summed E-state index contributed by atoms with van der Waals surface area (Å²) in [5, 5.41) is 0. The monoisotopic (exact) mass is 1390 g/mol. The van der Waals surface area contributed by atoms with Crippen molar-refractivity contribution in [1.29, 1.82) is 0 Å². The maximum absolute atomic E-state index is 9.52. The number of benzene rings is 12. The van der Waals surface area contributed by atoms with E-state index in [0.717, 1.165) is 95.1 Å². The molecule has 0 amide bonds. The second-order valence-electron chi connectivity index (χ2n) is 25.6. The fraction of sp³-hybridized carbons (Fsp3) is 0.103. The van der Waals surface area contributed by atoms with Crippen molar-refractivity contribution in [2.45, 2.75) is 59.2 Å². The Labute approximate surface area is 574 Å². The summed E-state index contributed by atoms with van der Waals surface area (Å²) < 4.78 is 73.0. The van der Waals surface area contributed by atoms with Crippen LogP contribution in [0.3, 0.4) is 0 Å². The molecule has 5 nitrogen and oxygen atoms in total. The van der Waals surface area contributed by atoms with Crippen molar-refractivity contribution in [3.05, 3.63) is 327 Å². The molecule has 15 rings (SSSR count). The molecule has 2 aliphatic heterocycles.